The summed E-state index contributed by atoms with van der Waals surface area (Å²) in [6.45, 7) is 3.60. The molecule has 0 aliphatic carbocycles. The minimum atomic E-state index is 0.185. The summed E-state index contributed by atoms with van der Waals surface area (Å²) in [5.74, 6) is 1.35. The number of rotatable bonds is 6. The molecule has 0 aliphatic rings. The molecule has 0 amide bonds. The molecule has 2 aromatic rings. The van der Waals surface area contributed by atoms with Gasteiger partial charge < -0.3 is 15.3 Å². The number of pyridine rings is 1. The minimum Gasteiger partial charge on any atom is -0.437 e. The Morgan fingerprint density at radius 2 is 2.17 bits per heavy atom. The van der Waals surface area contributed by atoms with Crippen molar-refractivity contribution in [1.29, 1.82) is 0 Å². The molecule has 1 aromatic heterocycles. The zero-order valence-electron chi connectivity index (χ0n) is 13.1. The molecule has 1 atom stereocenters. The van der Waals surface area contributed by atoms with Crippen molar-refractivity contribution in [1.82, 2.24) is 4.98 Å². The Labute approximate surface area is 140 Å². The first-order valence-electron chi connectivity index (χ1n) is 7.30. The van der Waals surface area contributed by atoms with E-state index in [4.69, 9.17) is 22.1 Å². The molecule has 0 unspecified atom stereocenters. The second kappa shape index (κ2) is 7.79. The summed E-state index contributed by atoms with van der Waals surface area (Å²) in [6.07, 6.45) is 6.19. The maximum absolute atomic E-state index is 11.1. The number of nitrogens with two attached hydrogens (primary N) is 1. The maximum atomic E-state index is 11.1. The topological polar surface area (TPSA) is 65.2 Å². The van der Waals surface area contributed by atoms with Crippen LogP contribution in [0.25, 0.3) is 6.08 Å². The summed E-state index contributed by atoms with van der Waals surface area (Å²) in [7, 11) is 0. The summed E-state index contributed by atoms with van der Waals surface area (Å²) in [5.41, 5.74) is 7.16. The summed E-state index contributed by atoms with van der Waals surface area (Å²) in [6, 6.07) is 8.71. The number of nitrogen functional groups attached to an aromatic ring is 1. The number of ketones is 1. The van der Waals surface area contributed by atoms with Crippen molar-refractivity contribution in [3.05, 3.63) is 53.2 Å². The molecule has 0 spiro atoms. The van der Waals surface area contributed by atoms with Gasteiger partial charge in [-0.25, -0.2) is 4.98 Å². The van der Waals surface area contributed by atoms with Gasteiger partial charge in [0.15, 0.2) is 0 Å². The first-order chi connectivity index (χ1) is 10.9. The fourth-order valence-corrected chi connectivity index (χ4v) is 2.29. The van der Waals surface area contributed by atoms with E-state index in [-0.39, 0.29) is 11.7 Å². The smallest absolute Gasteiger partial charge is 0.219 e. The van der Waals surface area contributed by atoms with E-state index in [1.54, 1.807) is 37.4 Å². The number of benzene rings is 1. The highest BCUT2D eigenvalue weighted by molar-refractivity contribution is 6.32. The standard InChI is InChI=1S/C18H19ClN2O2/c1-12(9-13(2)22)3-4-14-5-8-18(21-11-14)23-17-7-6-15(20)10-16(17)19/h3-8,10-12H,9,20H2,1-2H3/b4-3+/t12-/m0/s1. The van der Waals surface area contributed by atoms with Gasteiger partial charge in [-0.05, 0) is 42.7 Å². The SMILES string of the molecule is CC(=O)C[C@@H](C)/C=C/c1ccc(Oc2ccc(N)cc2Cl)nc1. The van der Waals surface area contributed by atoms with Crippen LogP contribution in [0.1, 0.15) is 25.8 Å². The van der Waals surface area contributed by atoms with Crippen LogP contribution < -0.4 is 10.5 Å². The highest BCUT2D eigenvalue weighted by Gasteiger charge is 2.05. The molecule has 0 fully saturated rings. The minimum absolute atomic E-state index is 0.185. The van der Waals surface area contributed by atoms with E-state index >= 15 is 0 Å². The third-order valence-electron chi connectivity index (χ3n) is 3.16. The molecule has 4 nitrogen and oxygen atoms in total. The van der Waals surface area contributed by atoms with E-state index in [1.807, 2.05) is 25.1 Å². The number of anilines is 1. The molecule has 2 N–H and O–H groups in total. The van der Waals surface area contributed by atoms with Gasteiger partial charge in [0.25, 0.3) is 0 Å². The van der Waals surface area contributed by atoms with Gasteiger partial charge in [-0.3, -0.25) is 0 Å². The monoisotopic (exact) mass is 330 g/mol. The third kappa shape index (κ3) is 5.42. The molecule has 1 aromatic carbocycles. The lowest BCUT2D eigenvalue weighted by Gasteiger charge is -2.07. The molecular weight excluding hydrogens is 312 g/mol. The first-order valence-corrected chi connectivity index (χ1v) is 7.68. The molecule has 5 heteroatoms. The van der Waals surface area contributed by atoms with Gasteiger partial charge in [-0.1, -0.05) is 30.7 Å². The van der Waals surface area contributed by atoms with E-state index < -0.39 is 0 Å². The lowest BCUT2D eigenvalue weighted by molar-refractivity contribution is -0.117. The number of ether oxygens (including phenoxy) is 1. The molecule has 23 heavy (non-hydrogen) atoms. The molecular formula is C18H19ClN2O2. The zero-order chi connectivity index (χ0) is 16.8. The fraction of sp³-hybridized carbons (Fsp3) is 0.222. The molecule has 0 bridgehead atoms. The van der Waals surface area contributed by atoms with Crippen LogP contribution in [0.2, 0.25) is 5.02 Å². The molecule has 0 saturated heterocycles. The second-order valence-electron chi connectivity index (χ2n) is 5.46. The van der Waals surface area contributed by atoms with Gasteiger partial charge in [0.2, 0.25) is 5.88 Å². The normalized spacial score (nSPS) is 12.3. The number of hydrogen-bond donors (Lipinski definition) is 1. The Balaban J connectivity index is 2.02. The molecule has 1 heterocycles. The number of aromatic nitrogens is 1. The lowest BCUT2D eigenvalue weighted by Crippen LogP contribution is -1.97. The largest absolute Gasteiger partial charge is 0.437 e. The van der Waals surface area contributed by atoms with Crippen molar-refractivity contribution in [2.75, 3.05) is 5.73 Å². The Kier molecular flexibility index (Phi) is 5.77. The predicted molar refractivity (Wildman–Crippen MR) is 93.7 cm³/mol. The Bertz CT molecular complexity index is 711. The molecule has 0 radical (unpaired) electrons. The maximum Gasteiger partial charge on any atom is 0.219 e. The van der Waals surface area contributed by atoms with E-state index in [0.29, 0.717) is 28.8 Å². The van der Waals surface area contributed by atoms with Crippen molar-refractivity contribution in [3.8, 4) is 11.6 Å². The van der Waals surface area contributed by atoms with Crippen LogP contribution in [-0.2, 0) is 4.79 Å². The average Bonchev–Trinajstić information content (AvgIpc) is 2.49. The highest BCUT2D eigenvalue weighted by Crippen LogP contribution is 2.30. The van der Waals surface area contributed by atoms with Crippen LogP contribution in [0.3, 0.4) is 0 Å². The van der Waals surface area contributed by atoms with E-state index in [0.717, 1.165) is 5.56 Å². The highest BCUT2D eigenvalue weighted by atomic mass is 35.5. The molecule has 120 valence electrons. The Morgan fingerprint density at radius 3 is 2.78 bits per heavy atom. The van der Waals surface area contributed by atoms with Crippen LogP contribution in [0.4, 0.5) is 5.69 Å². The van der Waals surface area contributed by atoms with Crippen molar-refractivity contribution in [2.24, 2.45) is 5.92 Å². The predicted octanol–water partition coefficient (Wildman–Crippen LogP) is 4.74. The Morgan fingerprint density at radius 1 is 1.39 bits per heavy atom. The van der Waals surface area contributed by atoms with Crippen LogP contribution in [0, 0.1) is 5.92 Å². The quantitative estimate of drug-likeness (QED) is 0.777. The summed E-state index contributed by atoms with van der Waals surface area (Å²) >= 11 is 6.07. The lowest BCUT2D eigenvalue weighted by atomic mass is 10.0. The Hall–Kier alpha value is -2.33. The van der Waals surface area contributed by atoms with Crippen LogP contribution in [0.15, 0.2) is 42.6 Å². The van der Waals surface area contributed by atoms with E-state index in [9.17, 15) is 4.79 Å². The summed E-state index contributed by atoms with van der Waals surface area (Å²) in [5, 5.41) is 0.439. The average molecular weight is 331 g/mol. The zero-order valence-corrected chi connectivity index (χ0v) is 13.9. The number of carbonyl (C=O) groups excluding carboxylic acids is 1. The van der Waals surface area contributed by atoms with Gasteiger partial charge in [0.1, 0.15) is 11.5 Å². The molecule has 0 saturated carbocycles. The molecule has 0 aliphatic heterocycles. The fourth-order valence-electron chi connectivity index (χ4n) is 2.06. The van der Waals surface area contributed by atoms with Gasteiger partial charge in [0, 0.05) is 24.4 Å². The molecule has 2 rings (SSSR count). The van der Waals surface area contributed by atoms with E-state index in [1.165, 1.54) is 0 Å². The third-order valence-corrected chi connectivity index (χ3v) is 3.45. The number of halogens is 1. The summed E-state index contributed by atoms with van der Waals surface area (Å²) < 4.78 is 5.63. The van der Waals surface area contributed by atoms with Crippen LogP contribution in [-0.4, -0.2) is 10.8 Å². The van der Waals surface area contributed by atoms with Gasteiger partial charge in [0.05, 0.1) is 5.02 Å². The van der Waals surface area contributed by atoms with Crippen molar-refractivity contribution >= 4 is 29.1 Å². The van der Waals surface area contributed by atoms with Gasteiger partial charge >= 0.3 is 0 Å². The first kappa shape index (κ1) is 17.0. The second-order valence-corrected chi connectivity index (χ2v) is 5.87. The number of nitrogens with zero attached hydrogens (tertiary/aromatic N) is 1. The van der Waals surface area contributed by atoms with Crippen molar-refractivity contribution < 1.29 is 9.53 Å². The van der Waals surface area contributed by atoms with Gasteiger partial charge in [-0.15, -0.1) is 0 Å². The number of allylic oxidation sites excluding steroid dienone is 1. The van der Waals surface area contributed by atoms with Crippen LogP contribution in [0.5, 0.6) is 11.6 Å². The van der Waals surface area contributed by atoms with Gasteiger partial charge in [-0.2, -0.15) is 0 Å². The number of Topliss-reactive ketones (excluding diaryl/α,β-unsaturated/α-hetero) is 1. The van der Waals surface area contributed by atoms with Crippen molar-refractivity contribution in [2.45, 2.75) is 20.3 Å². The van der Waals surface area contributed by atoms with Crippen molar-refractivity contribution in [3.63, 3.8) is 0 Å². The van der Waals surface area contributed by atoms with E-state index in [2.05, 4.69) is 4.98 Å². The number of carbonyl (C=O) groups is 1. The number of hydrogen-bond acceptors (Lipinski definition) is 4. The van der Waals surface area contributed by atoms with Crippen LogP contribution >= 0.6 is 11.6 Å². The summed E-state index contributed by atoms with van der Waals surface area (Å²) in [4.78, 5) is 15.3.